The number of nitrogens with one attached hydrogen (secondary N) is 1. The summed E-state index contributed by atoms with van der Waals surface area (Å²) >= 11 is 3.44. The molecule has 3 nitrogen and oxygen atoms in total. The minimum absolute atomic E-state index is 0.276. The molecular formula is C18H20BrFN2O. The number of nitrogens with zero attached hydrogens (tertiary/aromatic N) is 1. The summed E-state index contributed by atoms with van der Waals surface area (Å²) in [5, 5.41) is 3.32. The first-order valence-electron chi connectivity index (χ1n) is 7.80. The lowest BCUT2D eigenvalue weighted by Crippen LogP contribution is -2.42. The topological polar surface area (TPSA) is 24.5 Å². The molecule has 1 fully saturated rings. The number of hydrogen-bond donors (Lipinski definition) is 1. The summed E-state index contributed by atoms with van der Waals surface area (Å²) in [4.78, 5) is 2.32. The van der Waals surface area contributed by atoms with Crippen molar-refractivity contribution in [2.75, 3.05) is 26.2 Å². The highest BCUT2D eigenvalue weighted by Crippen LogP contribution is 2.31. The summed E-state index contributed by atoms with van der Waals surface area (Å²) in [6.07, 6.45) is 0. The summed E-state index contributed by atoms with van der Waals surface area (Å²) in [6.45, 7) is 5.07. The quantitative estimate of drug-likeness (QED) is 0.860. The third-order valence-electron chi connectivity index (χ3n) is 3.90. The van der Waals surface area contributed by atoms with Crippen molar-refractivity contribution in [1.29, 1.82) is 0 Å². The van der Waals surface area contributed by atoms with Crippen molar-refractivity contribution in [3.8, 4) is 5.75 Å². The lowest BCUT2D eigenvalue weighted by atomic mass is 10.2. The van der Waals surface area contributed by atoms with Crippen molar-refractivity contribution in [2.24, 2.45) is 0 Å². The molecule has 0 radical (unpaired) electrons. The van der Waals surface area contributed by atoms with Gasteiger partial charge in [-0.2, -0.15) is 0 Å². The second-order valence-corrected chi connectivity index (χ2v) is 6.54. The van der Waals surface area contributed by atoms with Gasteiger partial charge in [-0.15, -0.1) is 0 Å². The van der Waals surface area contributed by atoms with E-state index in [4.69, 9.17) is 4.74 Å². The standard InChI is InChI=1S/C18H20BrFN2O/c19-16-10-15(12-22-8-6-21-7-9-22)11-17(20)18(16)23-13-14-4-2-1-3-5-14/h1-5,10-11,21H,6-9,12-13H2. The SMILES string of the molecule is Fc1cc(CN2CCNCC2)cc(Br)c1OCc1ccccc1. The van der Waals surface area contributed by atoms with Crippen molar-refractivity contribution in [3.05, 3.63) is 63.9 Å². The van der Waals surface area contributed by atoms with Gasteiger partial charge in [-0.05, 0) is 39.2 Å². The van der Waals surface area contributed by atoms with Crippen LogP contribution in [0.25, 0.3) is 0 Å². The van der Waals surface area contributed by atoms with Crippen LogP contribution in [0.5, 0.6) is 5.75 Å². The number of ether oxygens (including phenoxy) is 1. The van der Waals surface area contributed by atoms with Gasteiger partial charge in [-0.3, -0.25) is 4.90 Å². The molecule has 0 atom stereocenters. The summed E-state index contributed by atoms with van der Waals surface area (Å²) in [5.74, 6) is -0.0432. The third kappa shape index (κ3) is 4.53. The first-order chi connectivity index (χ1) is 11.2. The van der Waals surface area contributed by atoms with Gasteiger partial charge in [0, 0.05) is 32.7 Å². The van der Waals surface area contributed by atoms with Gasteiger partial charge < -0.3 is 10.1 Å². The zero-order chi connectivity index (χ0) is 16.1. The summed E-state index contributed by atoms with van der Waals surface area (Å²) in [5.41, 5.74) is 1.98. The molecule has 1 N–H and O–H groups in total. The van der Waals surface area contributed by atoms with Crippen molar-refractivity contribution >= 4 is 15.9 Å². The maximum Gasteiger partial charge on any atom is 0.169 e. The second kappa shape index (κ2) is 7.90. The zero-order valence-corrected chi connectivity index (χ0v) is 14.5. The van der Waals surface area contributed by atoms with E-state index in [1.807, 2.05) is 36.4 Å². The smallest absolute Gasteiger partial charge is 0.169 e. The first kappa shape index (κ1) is 16.4. The van der Waals surface area contributed by atoms with Crippen molar-refractivity contribution in [3.63, 3.8) is 0 Å². The Hall–Kier alpha value is -1.43. The van der Waals surface area contributed by atoms with E-state index in [1.54, 1.807) is 6.07 Å². The molecule has 0 aliphatic carbocycles. The second-order valence-electron chi connectivity index (χ2n) is 5.69. The Balaban J connectivity index is 1.67. The zero-order valence-electron chi connectivity index (χ0n) is 12.9. The van der Waals surface area contributed by atoms with E-state index in [0.717, 1.165) is 43.9 Å². The monoisotopic (exact) mass is 378 g/mol. The molecule has 0 unspecified atom stereocenters. The Morgan fingerprint density at radius 1 is 1.09 bits per heavy atom. The van der Waals surface area contributed by atoms with Crippen LogP contribution in [-0.2, 0) is 13.2 Å². The van der Waals surface area contributed by atoms with Gasteiger partial charge in [0.25, 0.3) is 0 Å². The van der Waals surface area contributed by atoms with E-state index in [9.17, 15) is 4.39 Å². The van der Waals surface area contributed by atoms with Crippen LogP contribution in [0.15, 0.2) is 46.9 Å². The van der Waals surface area contributed by atoms with Gasteiger partial charge in [0.15, 0.2) is 11.6 Å². The average molecular weight is 379 g/mol. The minimum Gasteiger partial charge on any atom is -0.485 e. The fraction of sp³-hybridized carbons (Fsp3) is 0.333. The Morgan fingerprint density at radius 3 is 2.52 bits per heavy atom. The largest absolute Gasteiger partial charge is 0.485 e. The maximum atomic E-state index is 14.4. The molecule has 0 bridgehead atoms. The molecular weight excluding hydrogens is 359 g/mol. The number of halogens is 2. The van der Waals surface area contributed by atoms with Gasteiger partial charge >= 0.3 is 0 Å². The van der Waals surface area contributed by atoms with Crippen LogP contribution < -0.4 is 10.1 Å². The number of hydrogen-bond acceptors (Lipinski definition) is 3. The Morgan fingerprint density at radius 2 is 1.83 bits per heavy atom. The summed E-state index contributed by atoms with van der Waals surface area (Å²) in [7, 11) is 0. The third-order valence-corrected chi connectivity index (χ3v) is 4.49. The lowest BCUT2D eigenvalue weighted by Gasteiger charge is -2.27. The fourth-order valence-corrected chi connectivity index (χ4v) is 3.30. The summed E-state index contributed by atoms with van der Waals surface area (Å²) < 4.78 is 20.7. The van der Waals surface area contributed by atoms with Crippen LogP contribution in [0.4, 0.5) is 4.39 Å². The molecule has 1 heterocycles. The molecule has 23 heavy (non-hydrogen) atoms. The molecule has 2 aromatic carbocycles. The normalized spacial score (nSPS) is 15.6. The predicted octanol–water partition coefficient (Wildman–Crippen LogP) is 3.57. The van der Waals surface area contributed by atoms with Crippen molar-refractivity contribution in [1.82, 2.24) is 10.2 Å². The molecule has 5 heteroatoms. The van der Waals surface area contributed by atoms with Gasteiger partial charge in [-0.1, -0.05) is 30.3 Å². The molecule has 122 valence electrons. The average Bonchev–Trinajstić information content (AvgIpc) is 2.56. The predicted molar refractivity (Wildman–Crippen MR) is 93.0 cm³/mol. The van der Waals surface area contributed by atoms with Crippen LogP contribution in [0, 0.1) is 5.82 Å². The summed E-state index contributed by atoms with van der Waals surface area (Å²) in [6, 6.07) is 13.3. The van der Waals surface area contributed by atoms with Crippen LogP contribution in [0.3, 0.4) is 0 Å². The van der Waals surface area contributed by atoms with E-state index in [-0.39, 0.29) is 11.6 Å². The number of rotatable bonds is 5. The Labute approximate surface area is 144 Å². The van der Waals surface area contributed by atoms with Crippen LogP contribution in [-0.4, -0.2) is 31.1 Å². The molecule has 1 aliphatic heterocycles. The van der Waals surface area contributed by atoms with Gasteiger partial charge in [0.1, 0.15) is 6.61 Å². The van der Waals surface area contributed by atoms with Crippen molar-refractivity contribution < 1.29 is 9.13 Å². The van der Waals surface area contributed by atoms with E-state index in [2.05, 4.69) is 26.1 Å². The van der Waals surface area contributed by atoms with Crippen LogP contribution in [0.2, 0.25) is 0 Å². The number of piperazine rings is 1. The highest BCUT2D eigenvalue weighted by atomic mass is 79.9. The van der Waals surface area contributed by atoms with E-state index in [1.165, 1.54) is 0 Å². The highest BCUT2D eigenvalue weighted by molar-refractivity contribution is 9.10. The lowest BCUT2D eigenvalue weighted by molar-refractivity contribution is 0.232. The van der Waals surface area contributed by atoms with E-state index in [0.29, 0.717) is 11.1 Å². The van der Waals surface area contributed by atoms with Gasteiger partial charge in [-0.25, -0.2) is 4.39 Å². The molecule has 1 saturated heterocycles. The molecule has 0 spiro atoms. The number of benzene rings is 2. The van der Waals surface area contributed by atoms with Crippen LogP contribution in [0.1, 0.15) is 11.1 Å². The maximum absolute atomic E-state index is 14.4. The fourth-order valence-electron chi connectivity index (χ4n) is 2.70. The van der Waals surface area contributed by atoms with Crippen LogP contribution >= 0.6 is 15.9 Å². The van der Waals surface area contributed by atoms with E-state index < -0.39 is 0 Å². The Kier molecular flexibility index (Phi) is 5.65. The molecule has 2 aromatic rings. The van der Waals surface area contributed by atoms with Gasteiger partial charge in [0.05, 0.1) is 4.47 Å². The first-order valence-corrected chi connectivity index (χ1v) is 8.59. The molecule has 1 aliphatic rings. The molecule has 0 saturated carbocycles. The minimum atomic E-state index is -0.319. The molecule has 0 amide bonds. The Bertz CT molecular complexity index is 622. The van der Waals surface area contributed by atoms with Gasteiger partial charge in [0.2, 0.25) is 0 Å². The molecule has 0 aromatic heterocycles. The van der Waals surface area contributed by atoms with E-state index >= 15 is 0 Å². The highest BCUT2D eigenvalue weighted by Gasteiger charge is 2.14. The van der Waals surface area contributed by atoms with Crippen molar-refractivity contribution in [2.45, 2.75) is 13.2 Å². The molecule has 3 rings (SSSR count).